The first-order chi connectivity index (χ1) is 4.49. The fourth-order valence-electron chi connectivity index (χ4n) is 0.958. The SMILES string of the molecule is Cl.NC(CC(F)(F)F)C1CC1. The summed E-state index contributed by atoms with van der Waals surface area (Å²) < 4.78 is 34.8. The first-order valence-electron chi connectivity index (χ1n) is 3.31. The van der Waals surface area contributed by atoms with Gasteiger partial charge in [0.2, 0.25) is 0 Å². The molecule has 1 atom stereocenters. The van der Waals surface area contributed by atoms with Crippen molar-refractivity contribution in [1.82, 2.24) is 0 Å². The van der Waals surface area contributed by atoms with Crippen LogP contribution in [0, 0.1) is 5.92 Å². The van der Waals surface area contributed by atoms with Gasteiger partial charge < -0.3 is 5.73 Å². The Morgan fingerprint density at radius 3 is 2.09 bits per heavy atom. The maximum Gasteiger partial charge on any atom is 0.390 e. The predicted molar refractivity (Wildman–Crippen MR) is 38.6 cm³/mol. The van der Waals surface area contributed by atoms with Crippen LogP contribution in [-0.4, -0.2) is 12.2 Å². The van der Waals surface area contributed by atoms with Crippen LogP contribution in [0.15, 0.2) is 0 Å². The minimum Gasteiger partial charge on any atom is -0.327 e. The second kappa shape index (κ2) is 3.63. The van der Waals surface area contributed by atoms with E-state index in [2.05, 4.69) is 0 Å². The first kappa shape index (κ1) is 11.0. The monoisotopic (exact) mass is 189 g/mol. The van der Waals surface area contributed by atoms with Gasteiger partial charge in [-0.2, -0.15) is 13.2 Å². The molecule has 0 saturated heterocycles. The Morgan fingerprint density at radius 1 is 1.36 bits per heavy atom. The van der Waals surface area contributed by atoms with Gasteiger partial charge in [-0.05, 0) is 18.8 Å². The lowest BCUT2D eigenvalue weighted by molar-refractivity contribution is -0.139. The van der Waals surface area contributed by atoms with Crippen molar-refractivity contribution < 1.29 is 13.2 Å². The summed E-state index contributed by atoms with van der Waals surface area (Å²) in [6, 6.07) is -0.653. The van der Waals surface area contributed by atoms with Crippen LogP contribution < -0.4 is 5.73 Å². The smallest absolute Gasteiger partial charge is 0.327 e. The maximum absolute atomic E-state index is 11.6. The highest BCUT2D eigenvalue weighted by molar-refractivity contribution is 5.85. The number of hydrogen-bond acceptors (Lipinski definition) is 1. The lowest BCUT2D eigenvalue weighted by atomic mass is 10.1. The molecular weight excluding hydrogens is 179 g/mol. The van der Waals surface area contributed by atoms with Gasteiger partial charge in [0.1, 0.15) is 0 Å². The predicted octanol–water partition coefficient (Wildman–Crippen LogP) is 2.10. The Balaban J connectivity index is 0.000001000. The van der Waals surface area contributed by atoms with E-state index in [0.717, 1.165) is 12.8 Å². The summed E-state index contributed by atoms with van der Waals surface area (Å²) in [7, 11) is 0. The van der Waals surface area contributed by atoms with E-state index in [9.17, 15) is 13.2 Å². The van der Waals surface area contributed by atoms with E-state index >= 15 is 0 Å². The number of alkyl halides is 3. The molecule has 68 valence electrons. The maximum atomic E-state index is 11.6. The Labute approximate surface area is 69.5 Å². The van der Waals surface area contributed by atoms with Crippen molar-refractivity contribution in [3.63, 3.8) is 0 Å². The molecule has 0 aromatic heterocycles. The minimum absolute atomic E-state index is 0. The van der Waals surface area contributed by atoms with Gasteiger partial charge in [-0.3, -0.25) is 0 Å². The highest BCUT2D eigenvalue weighted by Gasteiger charge is 2.37. The molecule has 0 bridgehead atoms. The normalized spacial score (nSPS) is 20.7. The minimum atomic E-state index is -4.08. The standard InChI is InChI=1S/C6H10F3N.ClH/c7-6(8,9)3-5(10)4-1-2-4;/h4-5H,1-3,10H2;1H. The van der Waals surface area contributed by atoms with Gasteiger partial charge in [-0.1, -0.05) is 0 Å². The fourth-order valence-corrected chi connectivity index (χ4v) is 0.958. The zero-order chi connectivity index (χ0) is 7.78. The summed E-state index contributed by atoms with van der Waals surface area (Å²) in [5.41, 5.74) is 5.25. The Bertz CT molecular complexity index is 121. The van der Waals surface area contributed by atoms with E-state index in [1.54, 1.807) is 0 Å². The lowest BCUT2D eigenvalue weighted by Gasteiger charge is -2.12. The first-order valence-corrected chi connectivity index (χ1v) is 3.31. The van der Waals surface area contributed by atoms with Crippen molar-refractivity contribution in [3.8, 4) is 0 Å². The Hall–Kier alpha value is 0.0400. The van der Waals surface area contributed by atoms with Crippen LogP contribution in [0.3, 0.4) is 0 Å². The fraction of sp³-hybridized carbons (Fsp3) is 1.00. The molecule has 1 rings (SSSR count). The molecule has 1 unspecified atom stereocenters. The average molecular weight is 190 g/mol. The van der Waals surface area contributed by atoms with Crippen LogP contribution in [0.5, 0.6) is 0 Å². The molecular formula is C6H11ClF3N. The number of hydrogen-bond donors (Lipinski definition) is 1. The molecule has 0 aromatic carbocycles. The van der Waals surface area contributed by atoms with E-state index in [1.807, 2.05) is 0 Å². The van der Waals surface area contributed by atoms with Gasteiger partial charge in [-0.25, -0.2) is 0 Å². The molecule has 5 heteroatoms. The summed E-state index contributed by atoms with van der Waals surface area (Å²) in [4.78, 5) is 0. The van der Waals surface area contributed by atoms with Gasteiger partial charge in [0.05, 0.1) is 6.42 Å². The second-order valence-corrected chi connectivity index (χ2v) is 2.82. The van der Waals surface area contributed by atoms with Crippen molar-refractivity contribution in [2.45, 2.75) is 31.5 Å². The zero-order valence-electron chi connectivity index (χ0n) is 5.90. The van der Waals surface area contributed by atoms with Crippen LogP contribution in [0.25, 0.3) is 0 Å². The van der Waals surface area contributed by atoms with Crippen molar-refractivity contribution in [2.24, 2.45) is 11.7 Å². The second-order valence-electron chi connectivity index (χ2n) is 2.82. The van der Waals surface area contributed by atoms with Crippen molar-refractivity contribution in [1.29, 1.82) is 0 Å². The lowest BCUT2D eigenvalue weighted by Crippen LogP contribution is -2.29. The van der Waals surface area contributed by atoms with E-state index in [4.69, 9.17) is 5.73 Å². The molecule has 0 amide bonds. The highest BCUT2D eigenvalue weighted by Crippen LogP contribution is 2.36. The molecule has 1 nitrogen and oxygen atoms in total. The van der Waals surface area contributed by atoms with Gasteiger partial charge in [0.15, 0.2) is 0 Å². The van der Waals surface area contributed by atoms with E-state index in [1.165, 1.54) is 0 Å². The largest absolute Gasteiger partial charge is 0.390 e. The number of nitrogens with two attached hydrogens (primary N) is 1. The molecule has 1 saturated carbocycles. The Morgan fingerprint density at radius 2 is 1.82 bits per heavy atom. The van der Waals surface area contributed by atoms with E-state index in [0.29, 0.717) is 0 Å². The van der Waals surface area contributed by atoms with Crippen LogP contribution in [0.4, 0.5) is 13.2 Å². The van der Waals surface area contributed by atoms with Crippen molar-refractivity contribution in [2.75, 3.05) is 0 Å². The summed E-state index contributed by atoms with van der Waals surface area (Å²) >= 11 is 0. The van der Waals surface area contributed by atoms with Crippen LogP contribution in [-0.2, 0) is 0 Å². The molecule has 0 heterocycles. The molecule has 1 fully saturated rings. The number of rotatable bonds is 2. The summed E-state index contributed by atoms with van der Waals surface area (Å²) in [5.74, 6) is 0.140. The van der Waals surface area contributed by atoms with Crippen LogP contribution in [0.2, 0.25) is 0 Å². The quantitative estimate of drug-likeness (QED) is 0.708. The topological polar surface area (TPSA) is 26.0 Å². The third-order valence-electron chi connectivity index (χ3n) is 1.69. The van der Waals surface area contributed by atoms with E-state index < -0.39 is 18.6 Å². The highest BCUT2D eigenvalue weighted by atomic mass is 35.5. The third kappa shape index (κ3) is 4.48. The van der Waals surface area contributed by atoms with Gasteiger partial charge in [-0.15, -0.1) is 12.4 Å². The molecule has 1 aliphatic rings. The zero-order valence-corrected chi connectivity index (χ0v) is 6.71. The summed E-state index contributed by atoms with van der Waals surface area (Å²) in [5, 5.41) is 0. The van der Waals surface area contributed by atoms with Crippen LogP contribution >= 0.6 is 12.4 Å². The van der Waals surface area contributed by atoms with Gasteiger partial charge >= 0.3 is 6.18 Å². The molecule has 2 N–H and O–H groups in total. The van der Waals surface area contributed by atoms with Crippen LogP contribution in [0.1, 0.15) is 19.3 Å². The van der Waals surface area contributed by atoms with Gasteiger partial charge in [0.25, 0.3) is 0 Å². The molecule has 0 aromatic rings. The molecule has 1 aliphatic carbocycles. The third-order valence-corrected chi connectivity index (χ3v) is 1.69. The van der Waals surface area contributed by atoms with Gasteiger partial charge in [0, 0.05) is 6.04 Å². The average Bonchev–Trinajstić information content (AvgIpc) is 2.35. The molecule has 0 spiro atoms. The molecule has 11 heavy (non-hydrogen) atoms. The number of halogens is 4. The van der Waals surface area contributed by atoms with E-state index in [-0.39, 0.29) is 18.3 Å². The summed E-state index contributed by atoms with van der Waals surface area (Å²) in [6.07, 6.45) is -3.16. The molecule has 0 radical (unpaired) electrons. The van der Waals surface area contributed by atoms with Crippen molar-refractivity contribution in [3.05, 3.63) is 0 Å². The molecule has 0 aliphatic heterocycles. The summed E-state index contributed by atoms with van der Waals surface area (Å²) in [6.45, 7) is 0. The van der Waals surface area contributed by atoms with Crippen molar-refractivity contribution >= 4 is 12.4 Å². The Kier molecular flexibility index (Phi) is 3.64.